The lowest BCUT2D eigenvalue weighted by atomic mass is 10.1. The standard InChI is InChI=1S/C21H22FN3O3S/c1-29(26,27)19-8-2-15(3-9-19)10-23-11-18-13-25-20(12-24-21(25)14-28-18)16-4-6-17(22)7-5-16/h2-9,12,18,23H,10-11,13-14H2,1H3/t18-/m0/s1. The highest BCUT2D eigenvalue weighted by Gasteiger charge is 2.22. The van der Waals surface area contributed by atoms with Crippen LogP contribution in [0.15, 0.2) is 59.6 Å². The third-order valence-electron chi connectivity index (χ3n) is 4.97. The minimum atomic E-state index is -3.18. The number of benzene rings is 2. The molecular formula is C21H22FN3O3S. The molecule has 0 radical (unpaired) electrons. The van der Waals surface area contributed by atoms with Crippen LogP contribution < -0.4 is 5.32 Å². The van der Waals surface area contributed by atoms with E-state index in [4.69, 9.17) is 4.74 Å². The van der Waals surface area contributed by atoms with Gasteiger partial charge in [0.15, 0.2) is 9.84 Å². The summed E-state index contributed by atoms with van der Waals surface area (Å²) in [6, 6.07) is 13.3. The molecule has 1 aromatic heterocycles. The quantitative estimate of drug-likeness (QED) is 0.670. The first-order valence-electron chi connectivity index (χ1n) is 9.32. The van der Waals surface area contributed by atoms with Gasteiger partial charge in [-0.25, -0.2) is 17.8 Å². The molecule has 0 bridgehead atoms. The Morgan fingerprint density at radius 1 is 1.17 bits per heavy atom. The summed E-state index contributed by atoms with van der Waals surface area (Å²) in [4.78, 5) is 4.74. The number of aromatic nitrogens is 2. The smallest absolute Gasteiger partial charge is 0.175 e. The van der Waals surface area contributed by atoms with Crippen LogP contribution in [0.4, 0.5) is 4.39 Å². The highest BCUT2D eigenvalue weighted by Crippen LogP contribution is 2.25. The SMILES string of the molecule is CS(=O)(=O)c1ccc(CNC[C@H]2Cn3c(-c4ccc(F)cc4)cnc3CO2)cc1. The largest absolute Gasteiger partial charge is 0.367 e. The fourth-order valence-corrected chi connectivity index (χ4v) is 4.02. The van der Waals surface area contributed by atoms with Crippen molar-refractivity contribution < 1.29 is 17.5 Å². The van der Waals surface area contributed by atoms with Crippen LogP contribution >= 0.6 is 0 Å². The summed E-state index contributed by atoms with van der Waals surface area (Å²) in [5.41, 5.74) is 2.87. The maximum absolute atomic E-state index is 13.2. The molecule has 4 rings (SSSR count). The summed E-state index contributed by atoms with van der Waals surface area (Å²) >= 11 is 0. The molecule has 1 aliphatic heterocycles. The van der Waals surface area contributed by atoms with Gasteiger partial charge in [-0.2, -0.15) is 0 Å². The summed E-state index contributed by atoms with van der Waals surface area (Å²) in [5.74, 6) is 0.596. The summed E-state index contributed by atoms with van der Waals surface area (Å²) in [6.07, 6.45) is 2.97. The molecule has 0 fully saturated rings. The molecule has 3 aromatic rings. The molecule has 1 N–H and O–H groups in total. The van der Waals surface area contributed by atoms with Crippen LogP contribution in [-0.2, 0) is 34.3 Å². The van der Waals surface area contributed by atoms with Crippen molar-refractivity contribution in [1.82, 2.24) is 14.9 Å². The molecular weight excluding hydrogens is 393 g/mol. The Balaban J connectivity index is 1.37. The molecule has 2 heterocycles. The van der Waals surface area contributed by atoms with Crippen LogP contribution in [0.25, 0.3) is 11.3 Å². The van der Waals surface area contributed by atoms with Crippen molar-refractivity contribution >= 4 is 9.84 Å². The molecule has 0 saturated heterocycles. The lowest BCUT2D eigenvalue weighted by Gasteiger charge is -2.26. The molecule has 6 nitrogen and oxygen atoms in total. The number of hydrogen-bond acceptors (Lipinski definition) is 5. The van der Waals surface area contributed by atoms with Gasteiger partial charge in [0, 0.05) is 19.3 Å². The average molecular weight is 415 g/mol. The maximum Gasteiger partial charge on any atom is 0.175 e. The van der Waals surface area contributed by atoms with Crippen molar-refractivity contribution in [2.24, 2.45) is 0 Å². The number of nitrogens with zero attached hydrogens (tertiary/aromatic N) is 2. The van der Waals surface area contributed by atoms with E-state index in [0.29, 0.717) is 31.1 Å². The van der Waals surface area contributed by atoms with E-state index in [1.807, 2.05) is 12.1 Å². The van der Waals surface area contributed by atoms with E-state index in [1.165, 1.54) is 18.4 Å². The van der Waals surface area contributed by atoms with E-state index in [2.05, 4.69) is 14.9 Å². The number of halogens is 1. The van der Waals surface area contributed by atoms with Crippen LogP contribution in [0, 0.1) is 5.82 Å². The summed E-state index contributed by atoms with van der Waals surface area (Å²) < 4.78 is 44.3. The Hall–Kier alpha value is -2.55. The van der Waals surface area contributed by atoms with E-state index in [0.717, 1.165) is 22.6 Å². The highest BCUT2D eigenvalue weighted by atomic mass is 32.2. The number of imidazole rings is 1. The van der Waals surface area contributed by atoms with E-state index in [9.17, 15) is 12.8 Å². The highest BCUT2D eigenvalue weighted by molar-refractivity contribution is 7.90. The zero-order valence-corrected chi connectivity index (χ0v) is 16.8. The number of sulfone groups is 1. The van der Waals surface area contributed by atoms with Crippen LogP contribution in [0.3, 0.4) is 0 Å². The number of rotatable bonds is 6. The summed E-state index contributed by atoms with van der Waals surface area (Å²) in [7, 11) is -3.18. The molecule has 152 valence electrons. The molecule has 0 unspecified atom stereocenters. The fourth-order valence-electron chi connectivity index (χ4n) is 3.39. The van der Waals surface area contributed by atoms with Crippen LogP contribution in [0.1, 0.15) is 11.4 Å². The first kappa shape index (κ1) is 19.8. The van der Waals surface area contributed by atoms with Crippen molar-refractivity contribution in [3.8, 4) is 11.3 Å². The predicted octanol–water partition coefficient (Wildman–Crippen LogP) is 2.78. The molecule has 0 spiro atoms. The van der Waals surface area contributed by atoms with Crippen molar-refractivity contribution in [1.29, 1.82) is 0 Å². The maximum atomic E-state index is 13.2. The second kappa shape index (κ2) is 8.06. The number of hydrogen-bond donors (Lipinski definition) is 1. The zero-order chi connectivity index (χ0) is 20.4. The second-order valence-corrected chi connectivity index (χ2v) is 9.17. The van der Waals surface area contributed by atoms with Gasteiger partial charge in [-0.3, -0.25) is 0 Å². The molecule has 0 saturated carbocycles. The lowest BCUT2D eigenvalue weighted by molar-refractivity contribution is 0.00326. The topological polar surface area (TPSA) is 73.2 Å². The molecule has 29 heavy (non-hydrogen) atoms. The van der Waals surface area contributed by atoms with E-state index in [1.54, 1.807) is 30.5 Å². The first-order valence-corrected chi connectivity index (χ1v) is 11.2. The van der Waals surface area contributed by atoms with Gasteiger partial charge in [-0.15, -0.1) is 0 Å². The van der Waals surface area contributed by atoms with Crippen LogP contribution in [0.5, 0.6) is 0 Å². The van der Waals surface area contributed by atoms with Gasteiger partial charge in [-0.1, -0.05) is 12.1 Å². The Bertz CT molecular complexity index is 1090. The molecule has 1 atom stereocenters. The third-order valence-corrected chi connectivity index (χ3v) is 6.09. The average Bonchev–Trinajstić information content (AvgIpc) is 3.12. The summed E-state index contributed by atoms with van der Waals surface area (Å²) in [6.45, 7) is 2.35. The molecule has 2 aromatic carbocycles. The first-order chi connectivity index (χ1) is 13.9. The van der Waals surface area contributed by atoms with Gasteiger partial charge < -0.3 is 14.6 Å². The van der Waals surface area contributed by atoms with Gasteiger partial charge in [0.25, 0.3) is 0 Å². The van der Waals surface area contributed by atoms with Crippen LogP contribution in [-0.4, -0.2) is 36.9 Å². The van der Waals surface area contributed by atoms with Gasteiger partial charge >= 0.3 is 0 Å². The van der Waals surface area contributed by atoms with E-state index >= 15 is 0 Å². The van der Waals surface area contributed by atoms with E-state index < -0.39 is 9.84 Å². The van der Waals surface area contributed by atoms with Crippen molar-refractivity contribution in [2.45, 2.75) is 30.7 Å². The molecule has 8 heteroatoms. The molecule has 0 amide bonds. The predicted molar refractivity (Wildman–Crippen MR) is 107 cm³/mol. The Morgan fingerprint density at radius 3 is 2.59 bits per heavy atom. The summed E-state index contributed by atoms with van der Waals surface area (Å²) in [5, 5.41) is 3.36. The van der Waals surface area contributed by atoms with Gasteiger partial charge in [0.05, 0.1) is 29.4 Å². The Kier molecular flexibility index (Phi) is 5.49. The van der Waals surface area contributed by atoms with E-state index in [-0.39, 0.29) is 11.9 Å². The number of fused-ring (bicyclic) bond motifs is 1. The number of ether oxygens (including phenoxy) is 1. The van der Waals surface area contributed by atoms with Crippen LogP contribution in [0.2, 0.25) is 0 Å². The van der Waals surface area contributed by atoms with Gasteiger partial charge in [-0.05, 0) is 47.5 Å². The molecule has 0 aliphatic carbocycles. The monoisotopic (exact) mass is 415 g/mol. The Morgan fingerprint density at radius 2 is 1.90 bits per heavy atom. The lowest BCUT2D eigenvalue weighted by Crippen LogP contribution is -2.36. The van der Waals surface area contributed by atoms with Crippen molar-refractivity contribution in [3.63, 3.8) is 0 Å². The third kappa shape index (κ3) is 4.55. The zero-order valence-electron chi connectivity index (χ0n) is 16.0. The van der Waals surface area contributed by atoms with Crippen molar-refractivity contribution in [2.75, 3.05) is 12.8 Å². The minimum Gasteiger partial charge on any atom is -0.367 e. The van der Waals surface area contributed by atoms with Gasteiger partial charge in [0.1, 0.15) is 18.2 Å². The normalized spacial score (nSPS) is 16.6. The molecule has 1 aliphatic rings. The minimum absolute atomic E-state index is 0.0220. The number of nitrogens with one attached hydrogen (secondary N) is 1. The second-order valence-electron chi connectivity index (χ2n) is 7.16. The van der Waals surface area contributed by atoms with Gasteiger partial charge in [0.2, 0.25) is 0 Å². The fraction of sp³-hybridized carbons (Fsp3) is 0.286. The van der Waals surface area contributed by atoms with Crippen molar-refractivity contribution in [3.05, 3.63) is 71.9 Å². The Labute approximate surface area is 169 Å².